The molecule has 1 aliphatic rings. The van der Waals surface area contributed by atoms with Crippen molar-refractivity contribution < 1.29 is 19.7 Å². The normalized spacial score (nSPS) is 16.3. The van der Waals surface area contributed by atoms with Gasteiger partial charge in [-0.3, -0.25) is 14.5 Å². The molecule has 1 saturated heterocycles. The molecule has 0 bridgehead atoms. The van der Waals surface area contributed by atoms with Crippen LogP contribution in [0.1, 0.15) is 51.1 Å². The fraction of sp³-hybridized carbons (Fsp3) is 0.452. The molecule has 4 N–H and O–H groups in total. The lowest BCUT2D eigenvalue weighted by Crippen LogP contribution is -2.35. The van der Waals surface area contributed by atoms with Crippen molar-refractivity contribution in [1.82, 2.24) is 25.1 Å². The molecule has 5 rings (SSSR count). The highest BCUT2D eigenvalue weighted by Crippen LogP contribution is 2.31. The minimum atomic E-state index is -0.797. The SMILES string of the molecule is Cc1nc(C(=O)N2CCCCN(Cc3cccc(CCNC[C@H](O)c4ccc(O)c5[nH]c(=O)sc45)c3)CCOCC2)cs1. The zero-order valence-corrected chi connectivity index (χ0v) is 26.0. The van der Waals surface area contributed by atoms with Crippen LogP contribution < -0.4 is 10.2 Å². The Morgan fingerprint density at radius 2 is 1.95 bits per heavy atom. The Bertz CT molecular complexity index is 1570. The molecule has 0 spiro atoms. The Kier molecular flexibility index (Phi) is 11.0. The van der Waals surface area contributed by atoms with E-state index in [0.717, 1.165) is 55.2 Å². The van der Waals surface area contributed by atoms with Crippen LogP contribution in [-0.2, 0) is 17.7 Å². The fourth-order valence-corrected chi connectivity index (χ4v) is 6.85. The molecule has 3 heterocycles. The Balaban J connectivity index is 1.09. The molecule has 1 atom stereocenters. The molecule has 43 heavy (non-hydrogen) atoms. The molecular weight excluding hydrogens is 587 g/mol. The molecule has 4 aromatic rings. The van der Waals surface area contributed by atoms with Gasteiger partial charge in [-0.1, -0.05) is 41.7 Å². The highest BCUT2D eigenvalue weighted by molar-refractivity contribution is 7.16. The van der Waals surface area contributed by atoms with E-state index >= 15 is 0 Å². The van der Waals surface area contributed by atoms with Crippen LogP contribution in [0.15, 0.2) is 46.6 Å². The van der Waals surface area contributed by atoms with Gasteiger partial charge in [0.25, 0.3) is 5.91 Å². The molecule has 2 aromatic heterocycles. The van der Waals surface area contributed by atoms with Crippen molar-refractivity contribution >= 4 is 38.8 Å². The number of aryl methyl sites for hydroxylation is 1. The predicted octanol–water partition coefficient (Wildman–Crippen LogP) is 3.68. The Morgan fingerprint density at radius 3 is 2.79 bits per heavy atom. The second kappa shape index (κ2) is 15.0. The van der Waals surface area contributed by atoms with Crippen molar-refractivity contribution in [3.63, 3.8) is 0 Å². The van der Waals surface area contributed by atoms with Crippen LogP contribution in [0.2, 0.25) is 0 Å². The number of ether oxygens (including phenoxy) is 1. The molecule has 1 aliphatic heterocycles. The smallest absolute Gasteiger partial charge is 0.305 e. The largest absolute Gasteiger partial charge is 0.506 e. The van der Waals surface area contributed by atoms with E-state index in [1.807, 2.05) is 17.2 Å². The molecule has 10 nitrogen and oxygen atoms in total. The first kappa shape index (κ1) is 31.3. The molecule has 0 radical (unpaired) electrons. The molecule has 1 amide bonds. The monoisotopic (exact) mass is 625 g/mol. The number of hydrogen-bond acceptors (Lipinski definition) is 10. The predicted molar refractivity (Wildman–Crippen MR) is 170 cm³/mol. The lowest BCUT2D eigenvalue weighted by Gasteiger charge is -2.22. The van der Waals surface area contributed by atoms with Gasteiger partial charge in [0.05, 0.1) is 29.0 Å². The number of H-pyrrole nitrogens is 1. The number of aromatic nitrogens is 2. The number of aliphatic hydroxyl groups excluding tert-OH is 1. The van der Waals surface area contributed by atoms with Crippen LogP contribution in [0, 0.1) is 6.92 Å². The van der Waals surface area contributed by atoms with Gasteiger partial charge in [-0.05, 0) is 56.5 Å². The summed E-state index contributed by atoms with van der Waals surface area (Å²) in [6.45, 7) is 7.97. The number of aliphatic hydroxyl groups is 1. The number of nitrogens with zero attached hydrogens (tertiary/aromatic N) is 3. The number of aromatic hydroxyl groups is 1. The summed E-state index contributed by atoms with van der Waals surface area (Å²) in [7, 11) is 0. The van der Waals surface area contributed by atoms with E-state index in [1.54, 1.807) is 6.07 Å². The molecule has 1 fully saturated rings. The average molecular weight is 626 g/mol. The van der Waals surface area contributed by atoms with Crippen LogP contribution in [0.5, 0.6) is 5.75 Å². The first-order chi connectivity index (χ1) is 20.9. The van der Waals surface area contributed by atoms with Gasteiger partial charge in [-0.15, -0.1) is 11.3 Å². The van der Waals surface area contributed by atoms with Crippen molar-refractivity contribution in [3.8, 4) is 5.75 Å². The number of carbonyl (C=O) groups is 1. The molecule has 2 aromatic carbocycles. The second-order valence-electron chi connectivity index (χ2n) is 10.8. The minimum absolute atomic E-state index is 0.00251. The average Bonchev–Trinajstić information content (AvgIpc) is 3.60. The Morgan fingerprint density at radius 1 is 1.14 bits per heavy atom. The number of phenols is 1. The highest BCUT2D eigenvalue weighted by Gasteiger charge is 2.19. The molecule has 0 saturated carbocycles. The number of nitrogens with one attached hydrogen (secondary N) is 2. The maximum Gasteiger partial charge on any atom is 0.305 e. The van der Waals surface area contributed by atoms with Crippen LogP contribution in [0.3, 0.4) is 0 Å². The first-order valence-electron chi connectivity index (χ1n) is 14.7. The summed E-state index contributed by atoms with van der Waals surface area (Å²) in [6.07, 6.45) is 1.95. The number of thiazole rings is 2. The molecule has 12 heteroatoms. The van der Waals surface area contributed by atoms with Gasteiger partial charge >= 0.3 is 4.87 Å². The number of fused-ring (bicyclic) bond motifs is 1. The summed E-state index contributed by atoms with van der Waals surface area (Å²) in [5.74, 6) is -0.00997. The molecule has 0 aliphatic carbocycles. The standard InChI is InChI=1S/C31H39N5O5S2/c1-21-33-25(20-42-21)30(39)36-12-3-2-11-35(13-15-41-16-14-36)19-23-6-4-5-22(17-23)9-10-32-18-27(38)24-7-8-26(37)28-29(24)43-31(40)34-28/h4-8,17,20,27,32,37-38H,2-3,9-16,18-19H2,1H3,(H,34,40)/t27-/m0/s1. The van der Waals surface area contributed by atoms with Gasteiger partial charge in [-0.25, -0.2) is 4.98 Å². The van der Waals surface area contributed by atoms with E-state index in [0.29, 0.717) is 60.9 Å². The van der Waals surface area contributed by atoms with Gasteiger partial charge in [0, 0.05) is 43.7 Å². The summed E-state index contributed by atoms with van der Waals surface area (Å²) >= 11 is 2.49. The van der Waals surface area contributed by atoms with Crippen molar-refractivity contribution in [2.45, 2.75) is 38.8 Å². The van der Waals surface area contributed by atoms with Crippen molar-refractivity contribution in [1.29, 1.82) is 0 Å². The maximum atomic E-state index is 12.9. The highest BCUT2D eigenvalue weighted by atomic mass is 32.1. The van der Waals surface area contributed by atoms with Gasteiger partial charge in [0.2, 0.25) is 0 Å². The number of rotatable bonds is 9. The third-order valence-electron chi connectivity index (χ3n) is 7.61. The molecule has 230 valence electrons. The van der Waals surface area contributed by atoms with Gasteiger partial charge in [0.1, 0.15) is 17.0 Å². The summed E-state index contributed by atoms with van der Waals surface area (Å²) in [6, 6.07) is 11.8. The fourth-order valence-electron chi connectivity index (χ4n) is 5.34. The second-order valence-corrected chi connectivity index (χ2v) is 12.9. The van der Waals surface area contributed by atoms with Crippen LogP contribution >= 0.6 is 22.7 Å². The topological polar surface area (TPSA) is 131 Å². The number of aromatic amines is 1. The van der Waals surface area contributed by atoms with Gasteiger partial charge in [-0.2, -0.15) is 0 Å². The van der Waals surface area contributed by atoms with E-state index in [4.69, 9.17) is 4.74 Å². The lowest BCUT2D eigenvalue weighted by molar-refractivity contribution is 0.0616. The van der Waals surface area contributed by atoms with Crippen molar-refractivity contribution in [2.75, 3.05) is 52.5 Å². The maximum absolute atomic E-state index is 12.9. The van der Waals surface area contributed by atoms with Crippen molar-refractivity contribution in [2.24, 2.45) is 0 Å². The molecule has 0 unspecified atom stereocenters. The summed E-state index contributed by atoms with van der Waals surface area (Å²) in [4.78, 5) is 35.7. The number of carbonyl (C=O) groups excluding carboxylic acids is 1. The summed E-state index contributed by atoms with van der Waals surface area (Å²) < 4.78 is 6.50. The zero-order valence-electron chi connectivity index (χ0n) is 24.4. The van der Waals surface area contributed by atoms with Gasteiger partial charge in [0.15, 0.2) is 0 Å². The van der Waals surface area contributed by atoms with Crippen molar-refractivity contribution in [3.05, 3.63) is 78.8 Å². The van der Waals surface area contributed by atoms with E-state index in [2.05, 4.69) is 44.5 Å². The van der Waals surface area contributed by atoms with Gasteiger partial charge < -0.3 is 30.2 Å². The summed E-state index contributed by atoms with van der Waals surface area (Å²) in [5, 5.41) is 26.8. The van der Waals surface area contributed by atoms with Crippen LogP contribution in [0.4, 0.5) is 0 Å². The van der Waals surface area contributed by atoms with Crippen LogP contribution in [0.25, 0.3) is 10.2 Å². The molecular formula is C31H39N5O5S2. The van der Waals surface area contributed by atoms with E-state index in [9.17, 15) is 19.8 Å². The first-order valence-corrected chi connectivity index (χ1v) is 16.4. The van der Waals surface area contributed by atoms with E-state index in [-0.39, 0.29) is 16.5 Å². The number of hydrogen-bond donors (Lipinski definition) is 4. The van der Waals surface area contributed by atoms with E-state index < -0.39 is 6.10 Å². The van der Waals surface area contributed by atoms with Crippen LogP contribution in [-0.4, -0.2) is 88.4 Å². The minimum Gasteiger partial charge on any atom is -0.506 e. The lowest BCUT2D eigenvalue weighted by atomic mass is 10.1. The van der Waals surface area contributed by atoms with E-state index in [1.165, 1.54) is 28.5 Å². The Hall–Kier alpha value is -3.13. The Labute approximate surface area is 259 Å². The quantitative estimate of drug-likeness (QED) is 0.207. The third kappa shape index (κ3) is 8.49. The number of phenolic OH excluding ortho intramolecular Hbond substituents is 1. The third-order valence-corrected chi connectivity index (χ3v) is 9.31. The number of amides is 1. The number of benzene rings is 2. The zero-order chi connectivity index (χ0) is 30.2. The summed E-state index contributed by atoms with van der Waals surface area (Å²) in [5.41, 5.74) is 3.99.